The normalized spacial score (nSPS) is 11.7. The van der Waals surface area contributed by atoms with E-state index in [0.717, 1.165) is 13.0 Å². The number of hydrogen-bond donors (Lipinski definition) is 0. The van der Waals surface area contributed by atoms with Crippen molar-refractivity contribution >= 4 is 0 Å². The average Bonchev–Trinajstić information content (AvgIpc) is 2.68. The first-order valence-electron chi connectivity index (χ1n) is 10.6. The van der Waals surface area contributed by atoms with E-state index in [0.29, 0.717) is 0 Å². The number of allylic oxidation sites excluding steroid dienone is 2. The number of aromatic nitrogens is 1. The van der Waals surface area contributed by atoms with Crippen molar-refractivity contribution in [3.63, 3.8) is 0 Å². The molecule has 26 heavy (non-hydrogen) atoms. The van der Waals surface area contributed by atoms with E-state index in [1.165, 1.54) is 82.6 Å². The molecule has 0 unspecified atom stereocenters. The van der Waals surface area contributed by atoms with E-state index < -0.39 is 0 Å². The molecule has 148 valence electrons. The lowest BCUT2D eigenvalue weighted by Gasteiger charge is -2.12. The van der Waals surface area contributed by atoms with Crippen LogP contribution in [0.1, 0.15) is 82.6 Å². The van der Waals surface area contributed by atoms with E-state index in [9.17, 15) is 0 Å². The minimum Gasteiger partial charge on any atom is -0.303 e. The Morgan fingerprint density at radius 2 is 1.50 bits per heavy atom. The van der Waals surface area contributed by atoms with E-state index in [4.69, 9.17) is 4.84 Å². The SMILES string of the molecule is CON(C)CCCCCCCCCCC=CCCCCc1cccnc1. The molecule has 0 aliphatic carbocycles. The van der Waals surface area contributed by atoms with Crippen LogP contribution in [0.4, 0.5) is 0 Å². The molecular formula is C23H40N2O. The zero-order valence-corrected chi connectivity index (χ0v) is 17.2. The van der Waals surface area contributed by atoms with E-state index in [1.807, 2.05) is 30.6 Å². The second kappa shape index (κ2) is 17.2. The fourth-order valence-corrected chi connectivity index (χ4v) is 3.12. The van der Waals surface area contributed by atoms with Gasteiger partial charge in [0.15, 0.2) is 0 Å². The third kappa shape index (κ3) is 14.0. The Balaban J connectivity index is 1.77. The van der Waals surface area contributed by atoms with Crippen LogP contribution in [0.15, 0.2) is 36.7 Å². The molecule has 0 fully saturated rings. The summed E-state index contributed by atoms with van der Waals surface area (Å²) in [4.78, 5) is 9.28. The van der Waals surface area contributed by atoms with Crippen molar-refractivity contribution in [2.45, 2.75) is 83.5 Å². The highest BCUT2D eigenvalue weighted by Crippen LogP contribution is 2.11. The van der Waals surface area contributed by atoms with Gasteiger partial charge in [0, 0.05) is 26.0 Å². The summed E-state index contributed by atoms with van der Waals surface area (Å²) >= 11 is 0. The van der Waals surface area contributed by atoms with Crippen molar-refractivity contribution in [1.29, 1.82) is 0 Å². The smallest absolute Gasteiger partial charge is 0.0575 e. The highest BCUT2D eigenvalue weighted by atomic mass is 16.7. The Hall–Kier alpha value is -1.19. The monoisotopic (exact) mass is 360 g/mol. The van der Waals surface area contributed by atoms with Crippen molar-refractivity contribution < 1.29 is 4.84 Å². The molecule has 1 rings (SSSR count). The molecular weight excluding hydrogens is 320 g/mol. The van der Waals surface area contributed by atoms with Gasteiger partial charge < -0.3 is 4.84 Å². The topological polar surface area (TPSA) is 25.4 Å². The number of hydroxylamine groups is 2. The van der Waals surface area contributed by atoms with Crippen LogP contribution in [-0.4, -0.2) is 30.7 Å². The lowest BCUT2D eigenvalue weighted by molar-refractivity contribution is -0.109. The second-order valence-corrected chi connectivity index (χ2v) is 7.23. The molecule has 0 atom stereocenters. The Bertz CT molecular complexity index is 433. The predicted molar refractivity (Wildman–Crippen MR) is 112 cm³/mol. The number of aryl methyl sites for hydroxylation is 1. The summed E-state index contributed by atoms with van der Waals surface area (Å²) in [7, 11) is 3.73. The second-order valence-electron chi connectivity index (χ2n) is 7.23. The summed E-state index contributed by atoms with van der Waals surface area (Å²) in [5, 5.41) is 1.91. The number of unbranched alkanes of at least 4 members (excludes halogenated alkanes) is 10. The van der Waals surface area contributed by atoms with Gasteiger partial charge in [-0.05, 0) is 56.6 Å². The predicted octanol–water partition coefficient (Wildman–Crippen LogP) is 6.35. The van der Waals surface area contributed by atoms with Gasteiger partial charge in [0.05, 0.1) is 7.11 Å². The fourth-order valence-electron chi connectivity index (χ4n) is 3.12. The molecule has 0 radical (unpaired) electrons. The quantitative estimate of drug-likeness (QED) is 0.184. The van der Waals surface area contributed by atoms with Crippen LogP contribution in [0.2, 0.25) is 0 Å². The van der Waals surface area contributed by atoms with E-state index >= 15 is 0 Å². The average molecular weight is 361 g/mol. The Morgan fingerprint density at radius 3 is 2.12 bits per heavy atom. The van der Waals surface area contributed by atoms with Crippen molar-refractivity contribution in [3.05, 3.63) is 42.2 Å². The lowest BCUT2D eigenvalue weighted by atomic mass is 10.1. The van der Waals surface area contributed by atoms with Gasteiger partial charge in [-0.3, -0.25) is 4.98 Å². The zero-order chi connectivity index (χ0) is 18.7. The summed E-state index contributed by atoms with van der Waals surface area (Å²) < 4.78 is 0. The minimum atomic E-state index is 1.05. The maximum absolute atomic E-state index is 5.11. The third-order valence-corrected chi connectivity index (χ3v) is 4.88. The zero-order valence-electron chi connectivity index (χ0n) is 17.2. The molecule has 1 aromatic rings. The molecule has 0 aliphatic heterocycles. The van der Waals surface area contributed by atoms with Gasteiger partial charge in [-0.15, -0.1) is 0 Å². The van der Waals surface area contributed by atoms with Crippen LogP contribution in [0.25, 0.3) is 0 Å². The Kier molecular flexibility index (Phi) is 15.1. The molecule has 0 bridgehead atoms. The summed E-state index contributed by atoms with van der Waals surface area (Å²) in [6.07, 6.45) is 25.6. The number of rotatable bonds is 17. The molecule has 0 saturated carbocycles. The molecule has 3 heteroatoms. The largest absolute Gasteiger partial charge is 0.303 e. The van der Waals surface area contributed by atoms with Crippen LogP contribution in [0, 0.1) is 0 Å². The Labute approximate surface area is 161 Å². The van der Waals surface area contributed by atoms with E-state index in [1.54, 1.807) is 7.11 Å². The van der Waals surface area contributed by atoms with Gasteiger partial charge in [0.1, 0.15) is 0 Å². The lowest BCUT2D eigenvalue weighted by Crippen LogP contribution is -2.17. The summed E-state index contributed by atoms with van der Waals surface area (Å²) in [6.45, 7) is 1.05. The first-order chi connectivity index (χ1) is 12.8. The van der Waals surface area contributed by atoms with Gasteiger partial charge in [-0.2, -0.15) is 5.06 Å². The first-order valence-corrected chi connectivity index (χ1v) is 10.6. The van der Waals surface area contributed by atoms with E-state index in [-0.39, 0.29) is 0 Å². The summed E-state index contributed by atoms with van der Waals surface area (Å²) in [5.74, 6) is 0. The van der Waals surface area contributed by atoms with Gasteiger partial charge >= 0.3 is 0 Å². The van der Waals surface area contributed by atoms with Crippen LogP contribution < -0.4 is 0 Å². The molecule has 0 amide bonds. The van der Waals surface area contributed by atoms with Crippen LogP contribution in [-0.2, 0) is 11.3 Å². The number of hydrogen-bond acceptors (Lipinski definition) is 3. The maximum atomic E-state index is 5.11. The number of nitrogens with zero attached hydrogens (tertiary/aromatic N) is 2. The van der Waals surface area contributed by atoms with Crippen molar-refractivity contribution in [1.82, 2.24) is 10.0 Å². The maximum Gasteiger partial charge on any atom is 0.0575 e. The van der Waals surface area contributed by atoms with Crippen molar-refractivity contribution in [3.8, 4) is 0 Å². The summed E-state index contributed by atoms with van der Waals surface area (Å²) in [5.41, 5.74) is 1.36. The van der Waals surface area contributed by atoms with Gasteiger partial charge in [-0.25, -0.2) is 0 Å². The minimum absolute atomic E-state index is 1.05. The van der Waals surface area contributed by atoms with Gasteiger partial charge in [0.2, 0.25) is 0 Å². The molecule has 0 saturated heterocycles. The van der Waals surface area contributed by atoms with Crippen molar-refractivity contribution in [2.24, 2.45) is 0 Å². The highest BCUT2D eigenvalue weighted by molar-refractivity contribution is 5.08. The molecule has 1 heterocycles. The molecule has 0 aliphatic rings. The highest BCUT2D eigenvalue weighted by Gasteiger charge is 1.96. The third-order valence-electron chi connectivity index (χ3n) is 4.88. The van der Waals surface area contributed by atoms with Gasteiger partial charge in [-0.1, -0.05) is 56.7 Å². The molecule has 0 spiro atoms. The first kappa shape index (κ1) is 22.9. The molecule has 3 nitrogen and oxygen atoms in total. The van der Waals surface area contributed by atoms with E-state index in [2.05, 4.69) is 23.2 Å². The van der Waals surface area contributed by atoms with Gasteiger partial charge in [0.25, 0.3) is 0 Å². The van der Waals surface area contributed by atoms with Crippen molar-refractivity contribution in [2.75, 3.05) is 20.7 Å². The fraction of sp³-hybridized carbons (Fsp3) is 0.696. The van der Waals surface area contributed by atoms with Crippen LogP contribution in [0.3, 0.4) is 0 Å². The standard InChI is InChI=1S/C23H40N2O/c1-25(26-2)21-16-14-12-10-8-6-4-3-5-7-9-11-13-15-18-23-19-17-20-24-22-23/h7,9,17,19-20,22H,3-6,8,10-16,18,21H2,1-2H3. The summed E-state index contributed by atoms with van der Waals surface area (Å²) in [6, 6.07) is 4.19. The molecule has 1 aromatic heterocycles. The Morgan fingerprint density at radius 1 is 0.885 bits per heavy atom. The van der Waals surface area contributed by atoms with Crippen LogP contribution >= 0.6 is 0 Å². The van der Waals surface area contributed by atoms with Crippen LogP contribution in [0.5, 0.6) is 0 Å². The molecule has 0 N–H and O–H groups in total. The number of pyridine rings is 1. The molecule has 0 aromatic carbocycles.